The van der Waals surface area contributed by atoms with E-state index in [0.29, 0.717) is 0 Å². The third-order valence-corrected chi connectivity index (χ3v) is 3.39. The number of amidine groups is 1. The average Bonchev–Trinajstić information content (AvgIpc) is 2.49. The summed E-state index contributed by atoms with van der Waals surface area (Å²) in [6.45, 7) is 5.56. The fourth-order valence-electron chi connectivity index (χ4n) is 2.40. The van der Waals surface area contributed by atoms with E-state index in [4.69, 9.17) is 4.74 Å². The summed E-state index contributed by atoms with van der Waals surface area (Å²) in [6.07, 6.45) is 1.13. The van der Waals surface area contributed by atoms with Crippen LogP contribution in [0.2, 0.25) is 0 Å². The minimum Gasteiger partial charge on any atom is -0.378 e. The van der Waals surface area contributed by atoms with Gasteiger partial charge in [-0.05, 0) is 18.6 Å². The van der Waals surface area contributed by atoms with E-state index in [0.717, 1.165) is 51.6 Å². The van der Waals surface area contributed by atoms with Crippen molar-refractivity contribution in [1.29, 1.82) is 0 Å². The Hall–Kier alpha value is -1.55. The van der Waals surface area contributed by atoms with Crippen LogP contribution in [0.5, 0.6) is 0 Å². The van der Waals surface area contributed by atoms with Gasteiger partial charge in [-0.2, -0.15) is 0 Å². The Morgan fingerprint density at radius 3 is 2.89 bits per heavy atom. The molecule has 0 aliphatic carbocycles. The Kier molecular flexibility index (Phi) is 3.46. The second kappa shape index (κ2) is 5.40. The highest BCUT2D eigenvalue weighted by molar-refractivity contribution is 5.99. The molecule has 18 heavy (non-hydrogen) atoms. The summed E-state index contributed by atoms with van der Waals surface area (Å²) in [7, 11) is 0. The third kappa shape index (κ3) is 2.48. The second-order valence-electron chi connectivity index (χ2n) is 4.66. The fraction of sp³-hybridized carbons (Fsp3) is 0.500. The zero-order chi connectivity index (χ0) is 12.2. The largest absolute Gasteiger partial charge is 0.378 e. The van der Waals surface area contributed by atoms with E-state index in [2.05, 4.69) is 39.5 Å². The molecule has 0 spiro atoms. The highest BCUT2D eigenvalue weighted by Gasteiger charge is 2.13. The molecule has 2 aliphatic rings. The van der Waals surface area contributed by atoms with Gasteiger partial charge >= 0.3 is 0 Å². The summed E-state index contributed by atoms with van der Waals surface area (Å²) in [5, 5.41) is 3.37. The molecule has 1 aromatic carbocycles. The summed E-state index contributed by atoms with van der Waals surface area (Å²) in [5.74, 6) is 1.04. The lowest BCUT2D eigenvalue weighted by molar-refractivity contribution is 0.122. The summed E-state index contributed by atoms with van der Waals surface area (Å²) in [5.41, 5.74) is 2.46. The summed E-state index contributed by atoms with van der Waals surface area (Å²) in [4.78, 5) is 6.92. The molecule has 2 heterocycles. The smallest absolute Gasteiger partial charge is 0.128 e. The van der Waals surface area contributed by atoms with Gasteiger partial charge in [0.1, 0.15) is 5.84 Å². The van der Waals surface area contributed by atoms with Gasteiger partial charge in [-0.25, -0.2) is 0 Å². The molecule has 1 fully saturated rings. The molecule has 4 heteroatoms. The van der Waals surface area contributed by atoms with Crippen molar-refractivity contribution in [2.24, 2.45) is 4.99 Å². The van der Waals surface area contributed by atoms with Crippen molar-refractivity contribution in [1.82, 2.24) is 5.32 Å². The van der Waals surface area contributed by atoms with Crippen molar-refractivity contribution in [3.05, 3.63) is 29.8 Å². The maximum Gasteiger partial charge on any atom is 0.128 e. The standard InChI is InChI=1S/C14H19N3O/c1-3-12(14-15-5-2-6-16-14)11-13(4-1)17-7-9-18-10-8-17/h1,3-4,11H,2,5-10H2,(H,15,16). The first-order valence-electron chi connectivity index (χ1n) is 6.65. The van der Waals surface area contributed by atoms with Crippen LogP contribution in [0.15, 0.2) is 29.3 Å². The van der Waals surface area contributed by atoms with Gasteiger partial charge in [0.15, 0.2) is 0 Å². The lowest BCUT2D eigenvalue weighted by atomic mass is 10.1. The van der Waals surface area contributed by atoms with Crippen LogP contribution >= 0.6 is 0 Å². The number of morpholine rings is 1. The van der Waals surface area contributed by atoms with Gasteiger partial charge in [-0.3, -0.25) is 4.99 Å². The van der Waals surface area contributed by atoms with E-state index in [-0.39, 0.29) is 0 Å². The Labute approximate surface area is 108 Å². The third-order valence-electron chi connectivity index (χ3n) is 3.39. The van der Waals surface area contributed by atoms with Crippen molar-refractivity contribution in [3.8, 4) is 0 Å². The number of benzene rings is 1. The van der Waals surface area contributed by atoms with Gasteiger partial charge in [0.2, 0.25) is 0 Å². The van der Waals surface area contributed by atoms with E-state index in [1.165, 1.54) is 11.3 Å². The van der Waals surface area contributed by atoms with Gasteiger partial charge in [0.25, 0.3) is 0 Å². The fourth-order valence-corrected chi connectivity index (χ4v) is 2.40. The Morgan fingerprint density at radius 2 is 2.11 bits per heavy atom. The number of hydrogen-bond acceptors (Lipinski definition) is 4. The minimum absolute atomic E-state index is 0.823. The molecule has 0 radical (unpaired) electrons. The van der Waals surface area contributed by atoms with Gasteiger partial charge in [0.05, 0.1) is 13.2 Å². The molecule has 1 N–H and O–H groups in total. The normalized spacial score (nSPS) is 20.2. The first-order valence-corrected chi connectivity index (χ1v) is 6.65. The van der Waals surface area contributed by atoms with Gasteiger partial charge in [0, 0.05) is 37.4 Å². The molecule has 3 rings (SSSR count). The second-order valence-corrected chi connectivity index (χ2v) is 4.66. The van der Waals surface area contributed by atoms with E-state index >= 15 is 0 Å². The lowest BCUT2D eigenvalue weighted by Gasteiger charge is -2.29. The first kappa shape index (κ1) is 11.5. The molecule has 0 saturated carbocycles. The molecule has 4 nitrogen and oxygen atoms in total. The number of rotatable bonds is 2. The zero-order valence-electron chi connectivity index (χ0n) is 10.6. The van der Waals surface area contributed by atoms with E-state index in [9.17, 15) is 0 Å². The maximum atomic E-state index is 5.39. The number of ether oxygens (including phenoxy) is 1. The topological polar surface area (TPSA) is 36.9 Å². The molecule has 2 aliphatic heterocycles. The Morgan fingerprint density at radius 1 is 1.22 bits per heavy atom. The van der Waals surface area contributed by atoms with Crippen molar-refractivity contribution in [2.45, 2.75) is 6.42 Å². The molecule has 0 unspecified atom stereocenters. The van der Waals surface area contributed by atoms with E-state index in [1.807, 2.05) is 0 Å². The van der Waals surface area contributed by atoms with Crippen LogP contribution in [0.3, 0.4) is 0 Å². The SMILES string of the molecule is c1cc(C2=NCCCN2)cc(N2CCOCC2)c1. The van der Waals surface area contributed by atoms with Crippen molar-refractivity contribution in [2.75, 3.05) is 44.3 Å². The van der Waals surface area contributed by atoms with Gasteiger partial charge in [-0.1, -0.05) is 12.1 Å². The van der Waals surface area contributed by atoms with Crippen LogP contribution < -0.4 is 10.2 Å². The zero-order valence-corrected chi connectivity index (χ0v) is 10.6. The van der Waals surface area contributed by atoms with E-state index < -0.39 is 0 Å². The highest BCUT2D eigenvalue weighted by atomic mass is 16.5. The Balaban J connectivity index is 1.81. The number of nitrogens with one attached hydrogen (secondary N) is 1. The van der Waals surface area contributed by atoms with Crippen LogP contribution in [-0.4, -0.2) is 45.2 Å². The number of hydrogen-bond donors (Lipinski definition) is 1. The number of aliphatic imine (C=N–C) groups is 1. The molecule has 0 bridgehead atoms. The molecule has 1 aromatic rings. The van der Waals surface area contributed by atoms with Crippen molar-refractivity contribution < 1.29 is 4.74 Å². The summed E-state index contributed by atoms with van der Waals surface area (Å²) < 4.78 is 5.39. The predicted octanol–water partition coefficient (Wildman–Crippen LogP) is 1.26. The molecular weight excluding hydrogens is 226 g/mol. The molecular formula is C14H19N3O. The van der Waals surface area contributed by atoms with Crippen LogP contribution in [0, 0.1) is 0 Å². The van der Waals surface area contributed by atoms with Crippen molar-refractivity contribution >= 4 is 11.5 Å². The summed E-state index contributed by atoms with van der Waals surface area (Å²) >= 11 is 0. The van der Waals surface area contributed by atoms with Crippen molar-refractivity contribution in [3.63, 3.8) is 0 Å². The predicted molar refractivity (Wildman–Crippen MR) is 73.5 cm³/mol. The van der Waals surface area contributed by atoms with Gasteiger partial charge in [-0.15, -0.1) is 0 Å². The molecule has 96 valence electrons. The maximum absolute atomic E-state index is 5.39. The molecule has 1 saturated heterocycles. The Bertz CT molecular complexity index is 438. The van der Waals surface area contributed by atoms with Crippen LogP contribution in [0.25, 0.3) is 0 Å². The molecule has 0 aromatic heterocycles. The molecule has 0 amide bonds. The first-order chi connectivity index (χ1) is 8.93. The van der Waals surface area contributed by atoms with E-state index in [1.54, 1.807) is 0 Å². The molecule has 0 atom stereocenters. The summed E-state index contributed by atoms with van der Waals surface area (Å²) in [6, 6.07) is 8.63. The van der Waals surface area contributed by atoms with Crippen LogP contribution in [-0.2, 0) is 4.74 Å². The van der Waals surface area contributed by atoms with Gasteiger partial charge < -0.3 is 15.0 Å². The van der Waals surface area contributed by atoms with Crippen LogP contribution in [0.1, 0.15) is 12.0 Å². The number of nitrogens with zero attached hydrogens (tertiary/aromatic N) is 2. The van der Waals surface area contributed by atoms with Crippen LogP contribution in [0.4, 0.5) is 5.69 Å². The lowest BCUT2D eigenvalue weighted by Crippen LogP contribution is -2.36. The number of anilines is 1. The monoisotopic (exact) mass is 245 g/mol. The quantitative estimate of drug-likeness (QED) is 0.852. The minimum atomic E-state index is 0.823. The average molecular weight is 245 g/mol. The highest BCUT2D eigenvalue weighted by Crippen LogP contribution is 2.18.